The van der Waals surface area contributed by atoms with Gasteiger partial charge in [-0.05, 0) is 26.3 Å². The maximum atomic E-state index is 12.8. The van der Waals surface area contributed by atoms with Gasteiger partial charge in [-0.25, -0.2) is 4.98 Å². The molecule has 3 nitrogen and oxygen atoms in total. The Bertz CT molecular complexity index is 956. The number of terminal acetylenes is 1. The van der Waals surface area contributed by atoms with E-state index in [0.29, 0.717) is 11.2 Å². The van der Waals surface area contributed by atoms with Crippen LogP contribution in [0.25, 0.3) is 21.6 Å². The molecule has 1 aromatic carbocycles. The highest BCUT2D eigenvalue weighted by molar-refractivity contribution is 7.18. The van der Waals surface area contributed by atoms with E-state index < -0.39 is 0 Å². The van der Waals surface area contributed by atoms with Crippen LogP contribution in [-0.4, -0.2) is 9.55 Å². The van der Waals surface area contributed by atoms with Crippen LogP contribution in [0.4, 0.5) is 0 Å². The molecule has 22 heavy (non-hydrogen) atoms. The van der Waals surface area contributed by atoms with Crippen LogP contribution in [0.2, 0.25) is 0 Å². The fraction of sp³-hybridized carbons (Fsp3) is 0.222. The number of thiophene rings is 1. The Morgan fingerprint density at radius 3 is 2.55 bits per heavy atom. The van der Waals surface area contributed by atoms with Crippen LogP contribution >= 0.6 is 11.3 Å². The van der Waals surface area contributed by atoms with E-state index >= 15 is 0 Å². The number of rotatable bonds is 2. The van der Waals surface area contributed by atoms with E-state index in [1.54, 1.807) is 15.9 Å². The van der Waals surface area contributed by atoms with Gasteiger partial charge < -0.3 is 0 Å². The van der Waals surface area contributed by atoms with Gasteiger partial charge in [0, 0.05) is 10.4 Å². The standard InChI is InChI=1S/C18H16N2OS/c1-5-10-20-16(14-8-6-11(2)7-9-14)19-17-15(18(20)21)12(3)13(4)22-17/h1,6-9H,10H2,2-4H3. The number of hydrogen-bond acceptors (Lipinski definition) is 3. The van der Waals surface area contributed by atoms with Gasteiger partial charge in [0.1, 0.15) is 10.7 Å². The Hall–Kier alpha value is -2.38. The molecular formula is C18H16N2OS. The predicted octanol–water partition coefficient (Wildman–Crippen LogP) is 3.68. The normalized spacial score (nSPS) is 10.8. The number of fused-ring (bicyclic) bond motifs is 1. The van der Waals surface area contributed by atoms with Gasteiger partial charge in [0.05, 0.1) is 11.9 Å². The van der Waals surface area contributed by atoms with Crippen molar-refractivity contribution in [2.45, 2.75) is 27.3 Å². The van der Waals surface area contributed by atoms with Crippen molar-refractivity contribution in [3.05, 3.63) is 50.6 Å². The number of benzene rings is 1. The summed E-state index contributed by atoms with van der Waals surface area (Å²) in [4.78, 5) is 19.5. The molecule has 0 saturated carbocycles. The van der Waals surface area contributed by atoms with E-state index in [1.165, 1.54) is 5.56 Å². The molecule has 0 fully saturated rings. The third-order valence-electron chi connectivity index (χ3n) is 3.85. The molecule has 0 bridgehead atoms. The SMILES string of the molecule is C#CCn1c(-c2ccc(C)cc2)nc2sc(C)c(C)c2c1=O. The van der Waals surface area contributed by atoms with Crippen LogP contribution < -0.4 is 5.56 Å². The summed E-state index contributed by atoms with van der Waals surface area (Å²) in [6.45, 7) is 6.22. The van der Waals surface area contributed by atoms with Gasteiger partial charge in [0.2, 0.25) is 0 Å². The number of nitrogens with zero attached hydrogens (tertiary/aromatic N) is 2. The zero-order chi connectivity index (χ0) is 15.9. The molecule has 0 aliphatic heterocycles. The van der Waals surface area contributed by atoms with Crippen molar-refractivity contribution in [3.8, 4) is 23.7 Å². The molecule has 0 amide bonds. The first kappa shape index (κ1) is 14.6. The van der Waals surface area contributed by atoms with Gasteiger partial charge in [0.15, 0.2) is 0 Å². The molecule has 3 aromatic rings. The van der Waals surface area contributed by atoms with Crippen molar-refractivity contribution in [1.29, 1.82) is 0 Å². The molecule has 0 radical (unpaired) electrons. The minimum Gasteiger partial charge on any atom is -0.280 e. The molecule has 0 spiro atoms. The zero-order valence-corrected chi connectivity index (χ0v) is 13.6. The van der Waals surface area contributed by atoms with Crippen molar-refractivity contribution < 1.29 is 0 Å². The lowest BCUT2D eigenvalue weighted by molar-refractivity contribution is 0.796. The molecule has 2 heterocycles. The summed E-state index contributed by atoms with van der Waals surface area (Å²) >= 11 is 1.56. The highest BCUT2D eigenvalue weighted by atomic mass is 32.1. The topological polar surface area (TPSA) is 34.9 Å². The second kappa shape index (κ2) is 5.43. The first-order valence-electron chi connectivity index (χ1n) is 7.04. The van der Waals surface area contributed by atoms with E-state index in [-0.39, 0.29) is 12.1 Å². The van der Waals surface area contributed by atoms with Gasteiger partial charge >= 0.3 is 0 Å². The fourth-order valence-electron chi connectivity index (χ4n) is 2.49. The van der Waals surface area contributed by atoms with Gasteiger partial charge in [-0.3, -0.25) is 9.36 Å². The molecule has 0 unspecified atom stereocenters. The molecule has 2 aromatic heterocycles. The van der Waals surface area contributed by atoms with E-state index in [0.717, 1.165) is 20.8 Å². The number of hydrogen-bond donors (Lipinski definition) is 0. The van der Waals surface area contributed by atoms with Gasteiger partial charge in [-0.2, -0.15) is 0 Å². The Kier molecular flexibility index (Phi) is 3.59. The lowest BCUT2D eigenvalue weighted by Crippen LogP contribution is -2.23. The molecule has 0 atom stereocenters. The summed E-state index contributed by atoms with van der Waals surface area (Å²) in [5.74, 6) is 3.20. The summed E-state index contributed by atoms with van der Waals surface area (Å²) in [7, 11) is 0. The highest BCUT2D eigenvalue weighted by Gasteiger charge is 2.16. The molecule has 0 aliphatic rings. The Morgan fingerprint density at radius 1 is 1.23 bits per heavy atom. The molecule has 0 aliphatic carbocycles. The molecule has 4 heteroatoms. The maximum Gasteiger partial charge on any atom is 0.263 e. The highest BCUT2D eigenvalue weighted by Crippen LogP contribution is 2.28. The Balaban J connectivity index is 2.38. The van der Waals surface area contributed by atoms with E-state index in [4.69, 9.17) is 11.4 Å². The lowest BCUT2D eigenvalue weighted by Gasteiger charge is -2.10. The second-order valence-corrected chi connectivity index (χ2v) is 6.56. The largest absolute Gasteiger partial charge is 0.280 e. The summed E-state index contributed by atoms with van der Waals surface area (Å²) in [6.07, 6.45) is 5.45. The van der Waals surface area contributed by atoms with Gasteiger partial charge in [-0.15, -0.1) is 17.8 Å². The summed E-state index contributed by atoms with van der Waals surface area (Å²) in [5, 5.41) is 0.689. The fourth-order valence-corrected chi connectivity index (χ4v) is 3.51. The van der Waals surface area contributed by atoms with Crippen molar-refractivity contribution in [2.75, 3.05) is 0 Å². The average Bonchev–Trinajstić information content (AvgIpc) is 2.78. The molecule has 3 rings (SSSR count). The minimum atomic E-state index is -0.0552. The second-order valence-electron chi connectivity index (χ2n) is 5.36. The van der Waals surface area contributed by atoms with Crippen molar-refractivity contribution >= 4 is 21.6 Å². The third kappa shape index (κ3) is 2.24. The smallest absolute Gasteiger partial charge is 0.263 e. The van der Waals surface area contributed by atoms with Gasteiger partial charge in [-0.1, -0.05) is 35.7 Å². The maximum absolute atomic E-state index is 12.8. The van der Waals surface area contributed by atoms with E-state index in [1.807, 2.05) is 45.0 Å². The van der Waals surface area contributed by atoms with Gasteiger partial charge in [0.25, 0.3) is 5.56 Å². The van der Waals surface area contributed by atoms with Crippen LogP contribution in [0.3, 0.4) is 0 Å². The molecule has 0 N–H and O–H groups in total. The predicted molar refractivity (Wildman–Crippen MR) is 92.4 cm³/mol. The quantitative estimate of drug-likeness (QED) is 0.677. The first-order chi connectivity index (χ1) is 10.5. The summed E-state index contributed by atoms with van der Waals surface area (Å²) in [6, 6.07) is 7.97. The third-order valence-corrected chi connectivity index (χ3v) is 4.95. The van der Waals surface area contributed by atoms with E-state index in [9.17, 15) is 4.79 Å². The average molecular weight is 308 g/mol. The van der Waals surface area contributed by atoms with Crippen molar-refractivity contribution in [3.63, 3.8) is 0 Å². The minimum absolute atomic E-state index is 0.0552. The number of aromatic nitrogens is 2. The van der Waals surface area contributed by atoms with Crippen LogP contribution in [0, 0.1) is 33.1 Å². The van der Waals surface area contributed by atoms with Crippen LogP contribution in [0.1, 0.15) is 16.0 Å². The lowest BCUT2D eigenvalue weighted by atomic mass is 10.1. The monoisotopic (exact) mass is 308 g/mol. The van der Waals surface area contributed by atoms with Crippen molar-refractivity contribution in [1.82, 2.24) is 9.55 Å². The van der Waals surface area contributed by atoms with Crippen LogP contribution in [0.5, 0.6) is 0 Å². The van der Waals surface area contributed by atoms with E-state index in [2.05, 4.69) is 5.92 Å². The van der Waals surface area contributed by atoms with Crippen molar-refractivity contribution in [2.24, 2.45) is 0 Å². The first-order valence-corrected chi connectivity index (χ1v) is 7.85. The molecular weight excluding hydrogens is 292 g/mol. The number of aryl methyl sites for hydroxylation is 3. The Labute approximate surface area is 133 Å². The molecule has 110 valence electrons. The zero-order valence-electron chi connectivity index (χ0n) is 12.8. The summed E-state index contributed by atoms with van der Waals surface area (Å²) < 4.78 is 1.59. The summed E-state index contributed by atoms with van der Waals surface area (Å²) in [5.41, 5.74) is 3.01. The Morgan fingerprint density at radius 2 is 1.91 bits per heavy atom. The van der Waals surface area contributed by atoms with Crippen LogP contribution in [-0.2, 0) is 6.54 Å². The van der Waals surface area contributed by atoms with Crippen LogP contribution in [0.15, 0.2) is 29.1 Å². The molecule has 0 saturated heterocycles.